The number of rotatable bonds is 5. The zero-order chi connectivity index (χ0) is 21.3. The number of benzene rings is 2. The predicted octanol–water partition coefficient (Wildman–Crippen LogP) is 5.08. The molecule has 2 aromatic carbocycles. The molecule has 0 radical (unpaired) electrons. The Morgan fingerprint density at radius 2 is 1.87 bits per heavy atom. The van der Waals surface area contributed by atoms with Crippen molar-refractivity contribution in [1.82, 2.24) is 9.97 Å². The minimum atomic E-state index is -1.27. The highest BCUT2D eigenvalue weighted by Crippen LogP contribution is 2.32. The lowest BCUT2D eigenvalue weighted by Gasteiger charge is -2.10. The van der Waals surface area contributed by atoms with Gasteiger partial charge >= 0.3 is 5.97 Å². The molecule has 0 aliphatic carbocycles. The number of hydrogen-bond acceptors (Lipinski definition) is 5. The molecule has 0 saturated carbocycles. The maximum atomic E-state index is 14.1. The molecule has 0 saturated heterocycles. The molecule has 4 nitrogen and oxygen atoms in total. The third-order valence-electron chi connectivity index (χ3n) is 4.55. The molecule has 0 N–H and O–H groups in total. The maximum absolute atomic E-state index is 14.1. The van der Waals surface area contributed by atoms with Gasteiger partial charge in [-0.15, -0.1) is 11.3 Å². The topological polar surface area (TPSA) is 52.1 Å². The van der Waals surface area contributed by atoms with Crippen LogP contribution in [0.2, 0.25) is 0 Å². The zero-order valence-electron chi connectivity index (χ0n) is 15.8. The first-order valence-electron chi connectivity index (χ1n) is 8.99. The number of halogens is 3. The molecule has 4 aromatic rings. The lowest BCUT2D eigenvalue weighted by Crippen LogP contribution is -2.06. The van der Waals surface area contributed by atoms with Crippen LogP contribution in [0.25, 0.3) is 21.5 Å². The number of carbonyl (C=O) groups excluding carboxylic acids is 1. The van der Waals surface area contributed by atoms with Gasteiger partial charge in [0.1, 0.15) is 11.3 Å². The van der Waals surface area contributed by atoms with Crippen LogP contribution in [0.3, 0.4) is 0 Å². The Morgan fingerprint density at radius 1 is 1.10 bits per heavy atom. The molecule has 152 valence electrons. The predicted molar refractivity (Wildman–Crippen MR) is 108 cm³/mol. The highest BCUT2D eigenvalue weighted by Gasteiger charge is 2.19. The SMILES string of the molecule is COC(=O)Cc1cnc(-c2ccccc2)c(Cc2nc3c(F)c(F)cc(F)c3s2)c1. The molecule has 0 atom stereocenters. The molecule has 2 aromatic heterocycles. The van der Waals surface area contributed by atoms with Crippen LogP contribution >= 0.6 is 11.3 Å². The molecule has 0 amide bonds. The summed E-state index contributed by atoms with van der Waals surface area (Å²) in [7, 11) is 1.30. The first-order valence-corrected chi connectivity index (χ1v) is 9.81. The summed E-state index contributed by atoms with van der Waals surface area (Å²) in [5.74, 6) is -3.71. The summed E-state index contributed by atoms with van der Waals surface area (Å²) in [6.45, 7) is 0. The third kappa shape index (κ3) is 3.91. The zero-order valence-corrected chi connectivity index (χ0v) is 16.6. The van der Waals surface area contributed by atoms with E-state index in [-0.39, 0.29) is 23.1 Å². The van der Waals surface area contributed by atoms with E-state index >= 15 is 0 Å². The molecular formula is C22H15F3N2O2S. The summed E-state index contributed by atoms with van der Waals surface area (Å²) in [4.78, 5) is 20.3. The molecule has 0 unspecified atom stereocenters. The van der Waals surface area contributed by atoms with Crippen molar-refractivity contribution < 1.29 is 22.7 Å². The van der Waals surface area contributed by atoms with Gasteiger partial charge in [0.05, 0.1) is 28.9 Å². The summed E-state index contributed by atoms with van der Waals surface area (Å²) in [6.07, 6.45) is 1.85. The van der Waals surface area contributed by atoms with Gasteiger partial charge in [-0.05, 0) is 11.1 Å². The van der Waals surface area contributed by atoms with E-state index in [4.69, 9.17) is 4.74 Å². The van der Waals surface area contributed by atoms with Gasteiger partial charge in [-0.2, -0.15) is 0 Å². The molecule has 8 heteroatoms. The standard InChI is InChI=1S/C22H15F3N2O2S/c1-29-18(28)8-12-7-14(20(26-11-12)13-5-3-2-4-6-13)9-17-27-21-19(25)15(23)10-16(24)22(21)30-17/h2-7,10-11H,8-9H2,1H3. The second-order valence-corrected chi connectivity index (χ2v) is 7.67. The number of methoxy groups -OCH3 is 1. The average molecular weight is 428 g/mol. The molecule has 30 heavy (non-hydrogen) atoms. The van der Waals surface area contributed by atoms with Crippen LogP contribution in [0.4, 0.5) is 13.2 Å². The summed E-state index contributed by atoms with van der Waals surface area (Å²) < 4.78 is 46.3. The van der Waals surface area contributed by atoms with Gasteiger partial charge < -0.3 is 4.74 Å². The highest BCUT2D eigenvalue weighted by molar-refractivity contribution is 7.18. The summed E-state index contributed by atoms with van der Waals surface area (Å²) in [5, 5.41) is 0.405. The summed E-state index contributed by atoms with van der Waals surface area (Å²) in [6, 6.07) is 11.7. The minimum Gasteiger partial charge on any atom is -0.469 e. The fourth-order valence-electron chi connectivity index (χ4n) is 3.15. The Hall–Kier alpha value is -3.26. The van der Waals surface area contributed by atoms with Crippen molar-refractivity contribution in [2.24, 2.45) is 0 Å². The number of hydrogen-bond donors (Lipinski definition) is 0. The summed E-state index contributed by atoms with van der Waals surface area (Å²) in [5.41, 5.74) is 2.55. The molecular weight excluding hydrogens is 413 g/mol. The molecule has 0 spiro atoms. The largest absolute Gasteiger partial charge is 0.469 e. The van der Waals surface area contributed by atoms with E-state index in [0.29, 0.717) is 22.3 Å². The number of carbonyl (C=O) groups is 1. The van der Waals surface area contributed by atoms with Gasteiger partial charge in [0.15, 0.2) is 11.6 Å². The van der Waals surface area contributed by atoms with E-state index in [1.165, 1.54) is 7.11 Å². The third-order valence-corrected chi connectivity index (χ3v) is 5.61. The smallest absolute Gasteiger partial charge is 0.310 e. The first-order chi connectivity index (χ1) is 14.5. The van der Waals surface area contributed by atoms with Crippen molar-refractivity contribution >= 4 is 27.5 Å². The van der Waals surface area contributed by atoms with Crippen molar-refractivity contribution in [3.63, 3.8) is 0 Å². The molecule has 0 aliphatic rings. The van der Waals surface area contributed by atoms with Crippen LogP contribution in [-0.2, 0) is 22.4 Å². The van der Waals surface area contributed by atoms with Gasteiger partial charge in [-0.1, -0.05) is 36.4 Å². The Balaban J connectivity index is 1.79. The first kappa shape index (κ1) is 20.0. The van der Waals surface area contributed by atoms with E-state index in [1.807, 2.05) is 30.3 Å². The van der Waals surface area contributed by atoms with Gasteiger partial charge in [0.25, 0.3) is 0 Å². The van der Waals surface area contributed by atoms with Gasteiger partial charge in [0.2, 0.25) is 0 Å². The fraction of sp³-hybridized carbons (Fsp3) is 0.136. The second-order valence-electron chi connectivity index (χ2n) is 6.59. The Labute approximate surface area is 174 Å². The number of pyridine rings is 1. The normalized spacial score (nSPS) is 11.1. The Kier molecular flexibility index (Phi) is 5.50. The lowest BCUT2D eigenvalue weighted by molar-refractivity contribution is -0.139. The number of ether oxygens (including phenoxy) is 1. The molecule has 4 rings (SSSR count). The van der Waals surface area contributed by atoms with Crippen molar-refractivity contribution in [1.29, 1.82) is 0 Å². The van der Waals surface area contributed by atoms with Crippen LogP contribution in [0.5, 0.6) is 0 Å². The van der Waals surface area contributed by atoms with Crippen LogP contribution < -0.4 is 0 Å². The van der Waals surface area contributed by atoms with Crippen molar-refractivity contribution in [3.05, 3.63) is 82.2 Å². The monoisotopic (exact) mass is 428 g/mol. The second kappa shape index (κ2) is 8.23. The summed E-state index contributed by atoms with van der Waals surface area (Å²) >= 11 is 0.958. The number of fused-ring (bicyclic) bond motifs is 1. The van der Waals surface area contributed by atoms with Gasteiger partial charge in [-0.3, -0.25) is 9.78 Å². The van der Waals surface area contributed by atoms with E-state index in [0.717, 1.165) is 22.5 Å². The van der Waals surface area contributed by atoms with Gasteiger partial charge in [0, 0.05) is 24.2 Å². The fourth-order valence-corrected chi connectivity index (χ4v) is 4.14. The van der Waals surface area contributed by atoms with Crippen LogP contribution in [0.1, 0.15) is 16.1 Å². The average Bonchev–Trinajstić information content (AvgIpc) is 3.17. The van der Waals surface area contributed by atoms with Crippen molar-refractivity contribution in [2.75, 3.05) is 7.11 Å². The molecule has 0 fully saturated rings. The van der Waals surface area contributed by atoms with Gasteiger partial charge in [-0.25, -0.2) is 18.2 Å². The van der Waals surface area contributed by atoms with E-state index < -0.39 is 23.4 Å². The molecule has 2 heterocycles. The van der Waals surface area contributed by atoms with Crippen molar-refractivity contribution in [2.45, 2.75) is 12.8 Å². The van der Waals surface area contributed by atoms with E-state index in [2.05, 4.69) is 9.97 Å². The lowest BCUT2D eigenvalue weighted by atomic mass is 10.0. The maximum Gasteiger partial charge on any atom is 0.310 e. The van der Waals surface area contributed by atoms with E-state index in [9.17, 15) is 18.0 Å². The van der Waals surface area contributed by atoms with E-state index in [1.54, 1.807) is 12.3 Å². The quantitative estimate of drug-likeness (QED) is 0.329. The number of esters is 1. The Morgan fingerprint density at radius 3 is 2.60 bits per heavy atom. The molecule has 0 bridgehead atoms. The number of aromatic nitrogens is 2. The van der Waals surface area contributed by atoms with Crippen molar-refractivity contribution in [3.8, 4) is 11.3 Å². The highest BCUT2D eigenvalue weighted by atomic mass is 32.1. The molecule has 0 aliphatic heterocycles. The number of nitrogens with zero attached hydrogens (tertiary/aromatic N) is 2. The Bertz CT molecular complexity index is 1240. The van der Waals surface area contributed by atoms with Crippen LogP contribution in [-0.4, -0.2) is 23.0 Å². The minimum absolute atomic E-state index is 0.0381. The number of thiazole rings is 1. The van der Waals surface area contributed by atoms with Crippen LogP contribution in [0.15, 0.2) is 48.7 Å². The van der Waals surface area contributed by atoms with Crippen LogP contribution in [0, 0.1) is 17.5 Å².